The first-order valence-corrected chi connectivity index (χ1v) is 10.1. The van der Waals surface area contributed by atoms with Crippen molar-refractivity contribution < 1.29 is 9.90 Å². The van der Waals surface area contributed by atoms with Crippen LogP contribution < -0.4 is 0 Å². The molecule has 158 valence electrons. The van der Waals surface area contributed by atoms with Gasteiger partial charge in [-0.05, 0) is 56.3 Å². The first kappa shape index (κ1) is 20.6. The van der Waals surface area contributed by atoms with Gasteiger partial charge in [0.25, 0.3) is 5.91 Å². The van der Waals surface area contributed by atoms with Crippen molar-refractivity contribution in [2.24, 2.45) is 5.92 Å². The predicted octanol–water partition coefficient (Wildman–Crippen LogP) is 2.54. The van der Waals surface area contributed by atoms with Crippen LogP contribution in [0.3, 0.4) is 0 Å². The van der Waals surface area contributed by atoms with Crippen molar-refractivity contribution in [2.45, 2.75) is 6.42 Å². The lowest BCUT2D eigenvalue weighted by Gasteiger charge is -2.18. The number of nitriles is 1. The third-order valence-corrected chi connectivity index (χ3v) is 5.48. The van der Waals surface area contributed by atoms with E-state index in [1.165, 1.54) is 10.9 Å². The third kappa shape index (κ3) is 4.27. The number of benzene rings is 1. The van der Waals surface area contributed by atoms with Crippen LogP contribution in [0, 0.1) is 17.2 Å². The Hall–Kier alpha value is -3.70. The Morgan fingerprint density at radius 2 is 2.00 bits per heavy atom. The van der Waals surface area contributed by atoms with Gasteiger partial charge in [0.2, 0.25) is 5.88 Å². The summed E-state index contributed by atoms with van der Waals surface area (Å²) in [4.78, 5) is 21.2. The van der Waals surface area contributed by atoms with Gasteiger partial charge in [-0.1, -0.05) is 12.1 Å². The topological polar surface area (TPSA) is 98.3 Å². The maximum atomic E-state index is 12.8. The minimum atomic E-state index is -0.0534. The molecule has 1 amide bonds. The van der Waals surface area contributed by atoms with Gasteiger partial charge >= 0.3 is 0 Å². The van der Waals surface area contributed by atoms with E-state index in [2.05, 4.69) is 21.1 Å². The standard InChI is InChI=1S/C23H24N6O2/c1-27(2)14-17-9-10-28(15-17)22(30)19-7-8-21(25-12-19)29-23(31)20(13-26-29)18-5-3-16(11-24)4-6-18/h3-8,12-13,17,31H,9-10,14-15H2,1-2H3. The summed E-state index contributed by atoms with van der Waals surface area (Å²) in [7, 11) is 4.09. The highest BCUT2D eigenvalue weighted by Crippen LogP contribution is 2.30. The summed E-state index contributed by atoms with van der Waals surface area (Å²) in [5.41, 5.74) is 2.35. The maximum absolute atomic E-state index is 12.8. The molecule has 2 aromatic heterocycles. The number of aromatic hydroxyl groups is 1. The zero-order chi connectivity index (χ0) is 22.0. The molecule has 0 aliphatic carbocycles. The summed E-state index contributed by atoms with van der Waals surface area (Å²) in [5.74, 6) is 0.833. The Morgan fingerprint density at radius 1 is 1.23 bits per heavy atom. The van der Waals surface area contributed by atoms with Crippen molar-refractivity contribution >= 4 is 5.91 Å². The van der Waals surface area contributed by atoms with E-state index in [1.54, 1.807) is 42.6 Å². The summed E-state index contributed by atoms with van der Waals surface area (Å²) in [5, 5.41) is 23.8. The Labute approximate surface area is 181 Å². The predicted molar refractivity (Wildman–Crippen MR) is 116 cm³/mol. The zero-order valence-corrected chi connectivity index (χ0v) is 17.6. The SMILES string of the molecule is CN(C)CC1CCN(C(=O)c2ccc(-n3ncc(-c4ccc(C#N)cc4)c3O)nc2)C1. The molecule has 4 rings (SSSR count). The quantitative estimate of drug-likeness (QED) is 0.686. The van der Waals surface area contributed by atoms with E-state index in [-0.39, 0.29) is 11.8 Å². The summed E-state index contributed by atoms with van der Waals surface area (Å²) >= 11 is 0. The number of hydrogen-bond acceptors (Lipinski definition) is 6. The van der Waals surface area contributed by atoms with Crippen LogP contribution in [-0.2, 0) is 0 Å². The van der Waals surface area contributed by atoms with E-state index in [9.17, 15) is 9.90 Å². The molecule has 3 aromatic rings. The molecule has 1 aliphatic heterocycles. The highest BCUT2D eigenvalue weighted by Gasteiger charge is 2.27. The van der Waals surface area contributed by atoms with Crippen molar-refractivity contribution in [2.75, 3.05) is 33.7 Å². The van der Waals surface area contributed by atoms with Crippen LogP contribution in [0.4, 0.5) is 0 Å². The van der Waals surface area contributed by atoms with Crippen LogP contribution in [0.5, 0.6) is 5.88 Å². The lowest BCUT2D eigenvalue weighted by molar-refractivity contribution is 0.0784. The van der Waals surface area contributed by atoms with Gasteiger partial charge in [-0.2, -0.15) is 15.0 Å². The van der Waals surface area contributed by atoms with E-state index in [1.807, 2.05) is 19.0 Å². The molecule has 1 unspecified atom stereocenters. The number of pyridine rings is 1. The van der Waals surface area contributed by atoms with Crippen LogP contribution >= 0.6 is 0 Å². The van der Waals surface area contributed by atoms with E-state index in [4.69, 9.17) is 5.26 Å². The van der Waals surface area contributed by atoms with Crippen molar-refractivity contribution in [3.63, 3.8) is 0 Å². The molecule has 8 heteroatoms. The second kappa shape index (κ2) is 8.58. The molecule has 0 radical (unpaired) electrons. The van der Waals surface area contributed by atoms with Crippen molar-refractivity contribution in [3.05, 3.63) is 59.9 Å². The Bertz CT molecular complexity index is 1110. The van der Waals surface area contributed by atoms with Crippen molar-refractivity contribution in [1.82, 2.24) is 24.6 Å². The average Bonchev–Trinajstić information content (AvgIpc) is 3.39. The monoisotopic (exact) mass is 416 g/mol. The smallest absolute Gasteiger partial charge is 0.255 e. The highest BCUT2D eigenvalue weighted by molar-refractivity contribution is 5.94. The molecule has 1 N–H and O–H groups in total. The maximum Gasteiger partial charge on any atom is 0.255 e. The third-order valence-electron chi connectivity index (χ3n) is 5.48. The number of carbonyl (C=O) groups excluding carboxylic acids is 1. The van der Waals surface area contributed by atoms with E-state index < -0.39 is 0 Å². The summed E-state index contributed by atoms with van der Waals surface area (Å²) in [6.45, 7) is 2.49. The number of aromatic nitrogens is 3. The summed E-state index contributed by atoms with van der Waals surface area (Å²) < 4.78 is 1.32. The molecule has 1 atom stereocenters. The first-order valence-electron chi connectivity index (χ1n) is 10.1. The number of rotatable bonds is 5. The Morgan fingerprint density at radius 3 is 2.65 bits per heavy atom. The molecular weight excluding hydrogens is 392 g/mol. The van der Waals surface area contributed by atoms with Crippen molar-refractivity contribution in [1.29, 1.82) is 5.26 Å². The minimum absolute atomic E-state index is 0.0248. The number of nitrogens with zero attached hydrogens (tertiary/aromatic N) is 6. The number of likely N-dealkylation sites (tertiary alicyclic amines) is 1. The molecule has 1 aromatic carbocycles. The number of hydrogen-bond donors (Lipinski definition) is 1. The molecule has 31 heavy (non-hydrogen) atoms. The zero-order valence-electron chi connectivity index (χ0n) is 17.6. The second-order valence-electron chi connectivity index (χ2n) is 8.06. The van der Waals surface area contributed by atoms with Gasteiger partial charge in [-0.15, -0.1) is 0 Å². The molecule has 1 aliphatic rings. The largest absolute Gasteiger partial charge is 0.493 e. The van der Waals surface area contributed by atoms with Crippen LogP contribution in [0.1, 0.15) is 22.3 Å². The fraction of sp³-hybridized carbons (Fsp3) is 0.304. The number of amides is 1. The number of carbonyl (C=O) groups is 1. The van der Waals surface area contributed by atoms with Gasteiger partial charge in [-0.25, -0.2) is 4.98 Å². The van der Waals surface area contributed by atoms with E-state index in [0.29, 0.717) is 28.4 Å². The van der Waals surface area contributed by atoms with Crippen LogP contribution in [-0.4, -0.2) is 69.3 Å². The fourth-order valence-electron chi connectivity index (χ4n) is 3.94. The molecule has 8 nitrogen and oxygen atoms in total. The highest BCUT2D eigenvalue weighted by atomic mass is 16.3. The molecule has 0 saturated carbocycles. The molecule has 0 bridgehead atoms. The Kier molecular flexibility index (Phi) is 5.69. The summed E-state index contributed by atoms with van der Waals surface area (Å²) in [6.07, 6.45) is 4.08. The van der Waals surface area contributed by atoms with Crippen LogP contribution in [0.25, 0.3) is 16.9 Å². The van der Waals surface area contributed by atoms with E-state index >= 15 is 0 Å². The lowest BCUT2D eigenvalue weighted by Crippen LogP contribution is -2.30. The van der Waals surface area contributed by atoms with Gasteiger partial charge in [0.1, 0.15) is 0 Å². The lowest BCUT2D eigenvalue weighted by atomic mass is 10.1. The first-order chi connectivity index (χ1) is 15.0. The molecule has 1 fully saturated rings. The van der Waals surface area contributed by atoms with Crippen LogP contribution in [0.15, 0.2) is 48.8 Å². The molecular formula is C23H24N6O2. The second-order valence-corrected chi connectivity index (χ2v) is 8.06. The minimum Gasteiger partial charge on any atom is -0.493 e. The molecule has 1 saturated heterocycles. The summed E-state index contributed by atoms with van der Waals surface area (Å²) in [6, 6.07) is 12.4. The van der Waals surface area contributed by atoms with Crippen LogP contribution in [0.2, 0.25) is 0 Å². The van der Waals surface area contributed by atoms with Crippen molar-refractivity contribution in [3.8, 4) is 28.9 Å². The normalized spacial score (nSPS) is 15.9. The molecule has 3 heterocycles. The van der Waals surface area contributed by atoms with E-state index in [0.717, 1.165) is 31.6 Å². The van der Waals surface area contributed by atoms with Gasteiger partial charge in [0.15, 0.2) is 5.82 Å². The van der Waals surface area contributed by atoms with Gasteiger partial charge in [0.05, 0.1) is 29.0 Å². The average molecular weight is 416 g/mol. The van der Waals surface area contributed by atoms with Gasteiger partial charge in [0, 0.05) is 25.8 Å². The van der Waals surface area contributed by atoms with Gasteiger partial charge in [-0.3, -0.25) is 4.79 Å². The Balaban J connectivity index is 1.49. The molecule has 0 spiro atoms. The fourth-order valence-corrected chi connectivity index (χ4v) is 3.94. The van der Waals surface area contributed by atoms with Gasteiger partial charge < -0.3 is 14.9 Å².